The summed E-state index contributed by atoms with van der Waals surface area (Å²) < 4.78 is 19.2. The first-order chi connectivity index (χ1) is 12.6. The van der Waals surface area contributed by atoms with Crippen molar-refractivity contribution in [3.8, 4) is 5.75 Å². The maximum Gasteiger partial charge on any atom is 0.267 e. The van der Waals surface area contributed by atoms with E-state index in [1.54, 1.807) is 12.1 Å². The SMILES string of the molecule is COc1ccc(F)c2[nH]c(C(=O)NCC3c4ccccc4CN3C)cc12. The molecule has 1 amide bonds. The zero-order valence-corrected chi connectivity index (χ0v) is 14.7. The summed E-state index contributed by atoms with van der Waals surface area (Å²) in [5.74, 6) is -0.147. The number of halogens is 1. The van der Waals surface area contributed by atoms with E-state index in [9.17, 15) is 9.18 Å². The minimum atomic E-state index is -0.413. The van der Waals surface area contributed by atoms with Crippen LogP contribution in [0.15, 0.2) is 42.5 Å². The highest BCUT2D eigenvalue weighted by Gasteiger charge is 2.27. The van der Waals surface area contributed by atoms with Gasteiger partial charge in [0, 0.05) is 18.5 Å². The number of benzene rings is 2. The van der Waals surface area contributed by atoms with Crippen molar-refractivity contribution >= 4 is 16.8 Å². The van der Waals surface area contributed by atoms with Crippen LogP contribution in [-0.4, -0.2) is 36.5 Å². The number of fused-ring (bicyclic) bond motifs is 2. The minimum absolute atomic E-state index is 0.130. The summed E-state index contributed by atoms with van der Waals surface area (Å²) in [6.45, 7) is 1.35. The van der Waals surface area contributed by atoms with Crippen LogP contribution in [-0.2, 0) is 6.54 Å². The van der Waals surface area contributed by atoms with Gasteiger partial charge in [-0.3, -0.25) is 9.69 Å². The number of aromatic amines is 1. The second-order valence-corrected chi connectivity index (χ2v) is 6.56. The topological polar surface area (TPSA) is 57.4 Å². The Labute approximate surface area is 150 Å². The van der Waals surface area contributed by atoms with Gasteiger partial charge < -0.3 is 15.0 Å². The molecule has 0 fully saturated rings. The first-order valence-electron chi connectivity index (χ1n) is 8.50. The molecule has 0 aliphatic carbocycles. The molecule has 0 bridgehead atoms. The molecule has 2 heterocycles. The average molecular weight is 353 g/mol. The van der Waals surface area contributed by atoms with E-state index in [-0.39, 0.29) is 17.5 Å². The Morgan fingerprint density at radius 1 is 1.35 bits per heavy atom. The van der Waals surface area contributed by atoms with Gasteiger partial charge in [0.25, 0.3) is 5.91 Å². The molecule has 0 saturated heterocycles. The van der Waals surface area contributed by atoms with Crippen LogP contribution in [0.5, 0.6) is 5.75 Å². The van der Waals surface area contributed by atoms with Crippen LogP contribution in [0.2, 0.25) is 0 Å². The van der Waals surface area contributed by atoms with Gasteiger partial charge in [0.15, 0.2) is 0 Å². The highest BCUT2D eigenvalue weighted by Crippen LogP contribution is 2.32. The Bertz CT molecular complexity index is 982. The van der Waals surface area contributed by atoms with Gasteiger partial charge in [-0.2, -0.15) is 0 Å². The summed E-state index contributed by atoms with van der Waals surface area (Å²) in [7, 11) is 3.56. The van der Waals surface area contributed by atoms with Crippen molar-refractivity contribution in [3.05, 3.63) is 65.1 Å². The summed E-state index contributed by atoms with van der Waals surface area (Å²) in [4.78, 5) is 17.6. The fraction of sp³-hybridized carbons (Fsp3) is 0.250. The summed E-state index contributed by atoms with van der Waals surface area (Å²) in [6, 6.07) is 12.9. The molecule has 3 aromatic rings. The molecule has 4 rings (SSSR count). The van der Waals surface area contributed by atoms with E-state index in [0.29, 0.717) is 23.4 Å². The zero-order chi connectivity index (χ0) is 18.3. The third-order valence-corrected chi connectivity index (χ3v) is 4.99. The van der Waals surface area contributed by atoms with Gasteiger partial charge in [-0.25, -0.2) is 4.39 Å². The van der Waals surface area contributed by atoms with E-state index in [1.807, 2.05) is 19.2 Å². The van der Waals surface area contributed by atoms with Gasteiger partial charge in [0.2, 0.25) is 0 Å². The Morgan fingerprint density at radius 2 is 2.15 bits per heavy atom. The van der Waals surface area contributed by atoms with Crippen molar-refractivity contribution in [2.75, 3.05) is 20.7 Å². The largest absolute Gasteiger partial charge is 0.496 e. The van der Waals surface area contributed by atoms with E-state index in [2.05, 4.69) is 27.3 Å². The number of nitrogens with one attached hydrogen (secondary N) is 2. The smallest absolute Gasteiger partial charge is 0.267 e. The lowest BCUT2D eigenvalue weighted by molar-refractivity contribution is 0.0936. The highest BCUT2D eigenvalue weighted by atomic mass is 19.1. The first kappa shape index (κ1) is 16.6. The molecule has 1 aliphatic rings. The lowest BCUT2D eigenvalue weighted by atomic mass is 10.1. The van der Waals surface area contributed by atoms with Crippen LogP contribution in [0.1, 0.15) is 27.7 Å². The number of carbonyl (C=O) groups is 1. The zero-order valence-electron chi connectivity index (χ0n) is 14.7. The van der Waals surface area contributed by atoms with E-state index < -0.39 is 5.82 Å². The minimum Gasteiger partial charge on any atom is -0.496 e. The molecule has 2 N–H and O–H groups in total. The molecule has 5 nitrogen and oxygen atoms in total. The van der Waals surface area contributed by atoms with E-state index in [1.165, 1.54) is 24.3 Å². The number of H-pyrrole nitrogens is 1. The molecule has 1 atom stereocenters. The van der Waals surface area contributed by atoms with Gasteiger partial charge in [-0.1, -0.05) is 24.3 Å². The van der Waals surface area contributed by atoms with Crippen LogP contribution in [0.25, 0.3) is 10.9 Å². The summed E-state index contributed by atoms with van der Waals surface area (Å²) in [6.07, 6.45) is 0. The van der Waals surface area contributed by atoms with Crippen LogP contribution < -0.4 is 10.1 Å². The Balaban J connectivity index is 1.54. The summed E-state index contributed by atoms with van der Waals surface area (Å²) in [5.41, 5.74) is 3.11. The quantitative estimate of drug-likeness (QED) is 0.757. The van der Waals surface area contributed by atoms with Crippen molar-refractivity contribution in [3.63, 3.8) is 0 Å². The molecular formula is C20H20FN3O2. The van der Waals surface area contributed by atoms with Crippen molar-refractivity contribution in [1.29, 1.82) is 0 Å². The maximum atomic E-state index is 14.0. The van der Waals surface area contributed by atoms with Crippen LogP contribution in [0, 0.1) is 5.82 Å². The number of rotatable bonds is 4. The number of carbonyl (C=O) groups excluding carboxylic acids is 1. The van der Waals surface area contributed by atoms with Crippen molar-refractivity contribution < 1.29 is 13.9 Å². The molecule has 1 unspecified atom stereocenters. The number of ether oxygens (including phenoxy) is 1. The predicted molar refractivity (Wildman–Crippen MR) is 97.8 cm³/mol. The maximum absolute atomic E-state index is 14.0. The third-order valence-electron chi connectivity index (χ3n) is 4.99. The van der Waals surface area contributed by atoms with Gasteiger partial charge >= 0.3 is 0 Å². The van der Waals surface area contributed by atoms with E-state index in [0.717, 1.165) is 6.54 Å². The predicted octanol–water partition coefficient (Wildman–Crippen LogP) is 3.23. The number of aromatic nitrogens is 1. The lowest BCUT2D eigenvalue weighted by Crippen LogP contribution is -2.33. The molecule has 1 aliphatic heterocycles. The molecule has 6 heteroatoms. The molecule has 26 heavy (non-hydrogen) atoms. The summed E-state index contributed by atoms with van der Waals surface area (Å²) in [5, 5.41) is 3.51. The second kappa shape index (κ2) is 6.46. The highest BCUT2D eigenvalue weighted by molar-refractivity contribution is 5.99. The molecular weight excluding hydrogens is 333 g/mol. The number of nitrogens with zero attached hydrogens (tertiary/aromatic N) is 1. The van der Waals surface area contributed by atoms with Crippen molar-refractivity contribution in [2.45, 2.75) is 12.6 Å². The number of likely N-dealkylation sites (N-methyl/N-ethyl adjacent to an activating group) is 1. The van der Waals surface area contributed by atoms with E-state index >= 15 is 0 Å². The fourth-order valence-corrected chi connectivity index (χ4v) is 3.63. The van der Waals surface area contributed by atoms with E-state index in [4.69, 9.17) is 4.74 Å². The molecule has 134 valence electrons. The Morgan fingerprint density at radius 3 is 2.96 bits per heavy atom. The van der Waals surface area contributed by atoms with Crippen molar-refractivity contribution in [2.24, 2.45) is 0 Å². The van der Waals surface area contributed by atoms with Gasteiger partial charge in [0.05, 0.1) is 18.7 Å². The van der Waals surface area contributed by atoms with Gasteiger partial charge in [-0.15, -0.1) is 0 Å². The molecule has 0 radical (unpaired) electrons. The average Bonchev–Trinajstić information content (AvgIpc) is 3.22. The van der Waals surface area contributed by atoms with Crippen LogP contribution in [0.3, 0.4) is 0 Å². The van der Waals surface area contributed by atoms with Gasteiger partial charge in [-0.05, 0) is 36.4 Å². The van der Waals surface area contributed by atoms with Crippen LogP contribution in [0.4, 0.5) is 4.39 Å². The Hall–Kier alpha value is -2.86. The first-order valence-corrected chi connectivity index (χ1v) is 8.50. The molecule has 1 aromatic heterocycles. The molecule has 0 spiro atoms. The number of methoxy groups -OCH3 is 1. The fourth-order valence-electron chi connectivity index (χ4n) is 3.63. The number of hydrogen-bond donors (Lipinski definition) is 2. The number of hydrogen-bond acceptors (Lipinski definition) is 3. The monoisotopic (exact) mass is 353 g/mol. The molecule has 2 aromatic carbocycles. The Kier molecular flexibility index (Phi) is 4.12. The normalized spacial score (nSPS) is 16.7. The summed E-state index contributed by atoms with van der Waals surface area (Å²) >= 11 is 0. The van der Waals surface area contributed by atoms with Gasteiger partial charge in [0.1, 0.15) is 17.3 Å². The van der Waals surface area contributed by atoms with Crippen LogP contribution >= 0.6 is 0 Å². The second-order valence-electron chi connectivity index (χ2n) is 6.56. The number of amides is 1. The van der Waals surface area contributed by atoms with Crippen molar-refractivity contribution in [1.82, 2.24) is 15.2 Å². The standard InChI is InChI=1S/C20H20FN3O2/c1-24-11-12-5-3-4-6-13(12)17(24)10-22-20(25)16-9-14-18(26-2)8-7-15(21)19(14)23-16/h3-9,17,23H,10-11H2,1-2H3,(H,22,25). The third kappa shape index (κ3) is 2.72. The lowest BCUT2D eigenvalue weighted by Gasteiger charge is -2.20. The molecule has 0 saturated carbocycles.